The maximum absolute atomic E-state index is 13.1. The van der Waals surface area contributed by atoms with Crippen molar-refractivity contribution in [3.8, 4) is 0 Å². The fourth-order valence-electron chi connectivity index (χ4n) is 1.85. The van der Waals surface area contributed by atoms with Gasteiger partial charge >= 0.3 is 0 Å². The van der Waals surface area contributed by atoms with Crippen LogP contribution in [0.25, 0.3) is 0 Å². The minimum Gasteiger partial charge on any atom is -0.330 e. The van der Waals surface area contributed by atoms with E-state index in [1.807, 2.05) is 24.6 Å². The highest BCUT2D eigenvalue weighted by molar-refractivity contribution is 5.14. The fourth-order valence-corrected chi connectivity index (χ4v) is 1.85. The molecule has 18 heavy (non-hydrogen) atoms. The van der Waals surface area contributed by atoms with Gasteiger partial charge in [0.1, 0.15) is 11.6 Å². The second kappa shape index (κ2) is 5.27. The van der Waals surface area contributed by atoms with Gasteiger partial charge in [-0.1, -0.05) is 6.92 Å². The van der Waals surface area contributed by atoms with Crippen molar-refractivity contribution < 1.29 is 4.39 Å². The van der Waals surface area contributed by atoms with Crippen molar-refractivity contribution in [1.82, 2.24) is 14.5 Å². The van der Waals surface area contributed by atoms with E-state index in [4.69, 9.17) is 5.73 Å². The standard InChI is InChI=1S/C13H17FN4/c1-3-13-17-12(9(2)15)8-18(13)7-10-4-11(14)6-16-5-10/h4-6,8-9H,3,7,15H2,1-2H3. The molecule has 0 fully saturated rings. The van der Waals surface area contributed by atoms with Gasteiger partial charge in [0.15, 0.2) is 0 Å². The molecule has 0 saturated carbocycles. The lowest BCUT2D eigenvalue weighted by atomic mass is 10.2. The molecular formula is C13H17FN4. The highest BCUT2D eigenvalue weighted by atomic mass is 19.1. The van der Waals surface area contributed by atoms with E-state index >= 15 is 0 Å². The Morgan fingerprint density at radius 2 is 2.22 bits per heavy atom. The largest absolute Gasteiger partial charge is 0.330 e. The van der Waals surface area contributed by atoms with Crippen LogP contribution in [0.15, 0.2) is 24.7 Å². The molecule has 2 N–H and O–H groups in total. The molecule has 0 aliphatic rings. The Kier molecular flexibility index (Phi) is 3.72. The Labute approximate surface area is 106 Å². The molecule has 1 atom stereocenters. The fraction of sp³-hybridized carbons (Fsp3) is 0.385. The average molecular weight is 248 g/mol. The zero-order valence-electron chi connectivity index (χ0n) is 10.6. The van der Waals surface area contributed by atoms with Crippen molar-refractivity contribution in [2.45, 2.75) is 32.9 Å². The first kappa shape index (κ1) is 12.7. The second-order valence-corrected chi connectivity index (χ2v) is 4.36. The monoisotopic (exact) mass is 248 g/mol. The molecule has 96 valence electrons. The van der Waals surface area contributed by atoms with E-state index < -0.39 is 0 Å². The molecule has 2 aromatic rings. The Hall–Kier alpha value is -1.75. The van der Waals surface area contributed by atoms with Crippen LogP contribution in [-0.4, -0.2) is 14.5 Å². The number of nitrogens with zero attached hydrogens (tertiary/aromatic N) is 3. The van der Waals surface area contributed by atoms with Crippen molar-refractivity contribution in [3.63, 3.8) is 0 Å². The Morgan fingerprint density at radius 3 is 2.83 bits per heavy atom. The summed E-state index contributed by atoms with van der Waals surface area (Å²) in [6, 6.07) is 1.39. The van der Waals surface area contributed by atoms with Crippen LogP contribution in [0, 0.1) is 5.82 Å². The van der Waals surface area contributed by atoms with Crippen LogP contribution in [-0.2, 0) is 13.0 Å². The van der Waals surface area contributed by atoms with E-state index in [-0.39, 0.29) is 11.9 Å². The molecule has 1 unspecified atom stereocenters. The molecule has 0 amide bonds. The van der Waals surface area contributed by atoms with Gasteiger partial charge in [0.25, 0.3) is 0 Å². The van der Waals surface area contributed by atoms with E-state index in [2.05, 4.69) is 9.97 Å². The lowest BCUT2D eigenvalue weighted by Gasteiger charge is -2.05. The quantitative estimate of drug-likeness (QED) is 0.901. The third-order valence-electron chi connectivity index (χ3n) is 2.77. The summed E-state index contributed by atoms with van der Waals surface area (Å²) in [4.78, 5) is 8.31. The van der Waals surface area contributed by atoms with Crippen LogP contribution in [0.2, 0.25) is 0 Å². The van der Waals surface area contributed by atoms with Crippen molar-refractivity contribution in [2.75, 3.05) is 0 Å². The summed E-state index contributed by atoms with van der Waals surface area (Å²) in [6.45, 7) is 4.50. The van der Waals surface area contributed by atoms with E-state index in [1.54, 1.807) is 6.20 Å². The molecule has 0 radical (unpaired) electrons. The molecule has 0 spiro atoms. The Balaban J connectivity index is 2.28. The summed E-state index contributed by atoms with van der Waals surface area (Å²) in [5.74, 6) is 0.629. The first-order valence-electron chi connectivity index (χ1n) is 6.01. The van der Waals surface area contributed by atoms with E-state index in [0.29, 0.717) is 6.54 Å². The number of aryl methyl sites for hydroxylation is 1. The predicted molar refractivity (Wildman–Crippen MR) is 67.5 cm³/mol. The van der Waals surface area contributed by atoms with Crippen LogP contribution >= 0.6 is 0 Å². The number of imidazole rings is 1. The lowest BCUT2D eigenvalue weighted by Crippen LogP contribution is -2.05. The molecule has 2 rings (SSSR count). The van der Waals surface area contributed by atoms with Crippen LogP contribution in [0.5, 0.6) is 0 Å². The van der Waals surface area contributed by atoms with Gasteiger partial charge in [-0.15, -0.1) is 0 Å². The van der Waals surface area contributed by atoms with Gasteiger partial charge in [0, 0.05) is 24.9 Å². The molecule has 0 aromatic carbocycles. The maximum atomic E-state index is 13.1. The molecule has 2 heterocycles. The highest BCUT2D eigenvalue weighted by Crippen LogP contribution is 2.13. The maximum Gasteiger partial charge on any atom is 0.141 e. The van der Waals surface area contributed by atoms with Crippen molar-refractivity contribution >= 4 is 0 Å². The summed E-state index contributed by atoms with van der Waals surface area (Å²) >= 11 is 0. The first-order valence-corrected chi connectivity index (χ1v) is 6.01. The first-order chi connectivity index (χ1) is 8.60. The van der Waals surface area contributed by atoms with Gasteiger partial charge in [-0.05, 0) is 18.6 Å². The number of nitrogens with two attached hydrogens (primary N) is 1. The summed E-state index contributed by atoms with van der Waals surface area (Å²) in [6.07, 6.45) is 5.60. The number of hydrogen-bond donors (Lipinski definition) is 1. The SMILES string of the molecule is CCc1nc(C(C)N)cn1Cc1cncc(F)c1. The average Bonchev–Trinajstić information content (AvgIpc) is 2.72. The van der Waals surface area contributed by atoms with Gasteiger partial charge in [-0.2, -0.15) is 0 Å². The zero-order chi connectivity index (χ0) is 13.1. The molecule has 5 heteroatoms. The summed E-state index contributed by atoms with van der Waals surface area (Å²) in [7, 11) is 0. The van der Waals surface area contributed by atoms with E-state index in [0.717, 1.165) is 23.5 Å². The predicted octanol–water partition coefficient (Wildman–Crippen LogP) is 2.05. The number of aromatic nitrogens is 3. The number of halogens is 1. The summed E-state index contributed by atoms with van der Waals surface area (Å²) < 4.78 is 15.1. The highest BCUT2D eigenvalue weighted by Gasteiger charge is 2.10. The van der Waals surface area contributed by atoms with Crippen LogP contribution in [0.4, 0.5) is 4.39 Å². The Bertz CT molecular complexity index is 534. The molecule has 0 saturated heterocycles. The van der Waals surface area contributed by atoms with Crippen LogP contribution in [0.1, 0.15) is 37.0 Å². The third-order valence-corrected chi connectivity index (χ3v) is 2.77. The lowest BCUT2D eigenvalue weighted by molar-refractivity contribution is 0.615. The van der Waals surface area contributed by atoms with Gasteiger partial charge < -0.3 is 10.3 Å². The minimum atomic E-state index is -0.321. The number of rotatable bonds is 4. The second-order valence-electron chi connectivity index (χ2n) is 4.36. The van der Waals surface area contributed by atoms with Crippen LogP contribution in [0.3, 0.4) is 0 Å². The topological polar surface area (TPSA) is 56.7 Å². The van der Waals surface area contributed by atoms with Gasteiger partial charge in [-0.25, -0.2) is 9.37 Å². The van der Waals surface area contributed by atoms with Gasteiger partial charge in [0.2, 0.25) is 0 Å². The number of pyridine rings is 1. The third kappa shape index (κ3) is 2.73. The van der Waals surface area contributed by atoms with Crippen molar-refractivity contribution in [3.05, 3.63) is 47.6 Å². The normalized spacial score (nSPS) is 12.7. The van der Waals surface area contributed by atoms with Gasteiger partial charge in [-0.3, -0.25) is 4.98 Å². The smallest absolute Gasteiger partial charge is 0.141 e. The van der Waals surface area contributed by atoms with E-state index in [9.17, 15) is 4.39 Å². The number of hydrogen-bond acceptors (Lipinski definition) is 3. The molecular weight excluding hydrogens is 231 g/mol. The molecule has 4 nitrogen and oxygen atoms in total. The van der Waals surface area contributed by atoms with Gasteiger partial charge in [0.05, 0.1) is 18.4 Å². The van der Waals surface area contributed by atoms with Crippen molar-refractivity contribution in [1.29, 1.82) is 0 Å². The minimum absolute atomic E-state index is 0.0952. The zero-order valence-corrected chi connectivity index (χ0v) is 10.6. The molecule has 0 aliphatic carbocycles. The summed E-state index contributed by atoms with van der Waals surface area (Å²) in [5.41, 5.74) is 7.50. The Morgan fingerprint density at radius 1 is 1.44 bits per heavy atom. The van der Waals surface area contributed by atoms with Crippen LogP contribution < -0.4 is 5.73 Å². The summed E-state index contributed by atoms with van der Waals surface area (Å²) in [5, 5.41) is 0. The molecule has 0 bridgehead atoms. The van der Waals surface area contributed by atoms with Crippen molar-refractivity contribution in [2.24, 2.45) is 5.73 Å². The molecule has 2 aromatic heterocycles. The van der Waals surface area contributed by atoms with E-state index in [1.165, 1.54) is 12.3 Å². The molecule has 0 aliphatic heterocycles.